The van der Waals surface area contributed by atoms with Crippen LogP contribution in [0.1, 0.15) is 5.56 Å². The van der Waals surface area contributed by atoms with E-state index in [9.17, 15) is 9.59 Å². The van der Waals surface area contributed by atoms with Gasteiger partial charge in [-0.05, 0) is 27.6 Å². The third kappa shape index (κ3) is 2.82. The highest BCUT2D eigenvalue weighted by atomic mass is 79.9. The second-order valence-corrected chi connectivity index (χ2v) is 6.13. The molecule has 6 heteroatoms. The summed E-state index contributed by atoms with van der Waals surface area (Å²) in [6.07, 6.45) is 0. The van der Waals surface area contributed by atoms with Crippen molar-refractivity contribution in [2.45, 2.75) is 6.61 Å². The van der Waals surface area contributed by atoms with Gasteiger partial charge in [-0.2, -0.15) is 0 Å². The van der Waals surface area contributed by atoms with Gasteiger partial charge in [-0.15, -0.1) is 0 Å². The number of rotatable bonds is 3. The lowest BCUT2D eigenvalue weighted by Crippen LogP contribution is -2.36. The predicted octanol–water partition coefficient (Wildman–Crippen LogP) is 2.58. The van der Waals surface area contributed by atoms with Gasteiger partial charge in [0.25, 0.3) is 5.56 Å². The molecule has 0 saturated heterocycles. The molecule has 0 aliphatic rings. The van der Waals surface area contributed by atoms with Crippen molar-refractivity contribution >= 4 is 26.8 Å². The highest BCUT2D eigenvalue weighted by Gasteiger charge is 2.12. The van der Waals surface area contributed by atoms with Crippen molar-refractivity contribution in [2.24, 2.45) is 14.1 Å². The van der Waals surface area contributed by atoms with Crippen LogP contribution in [0.15, 0.2) is 56.5 Å². The SMILES string of the molecule is Cn1c(=O)c2cc(Br)c(OCc3ccccc3)cc2n(C)c1=O. The van der Waals surface area contributed by atoms with Gasteiger partial charge in [0.15, 0.2) is 0 Å². The van der Waals surface area contributed by atoms with Crippen LogP contribution in [0.2, 0.25) is 0 Å². The molecular formula is C17H15BrN2O3. The lowest BCUT2D eigenvalue weighted by molar-refractivity contribution is 0.304. The molecule has 0 aliphatic heterocycles. The van der Waals surface area contributed by atoms with Crippen molar-refractivity contribution in [1.82, 2.24) is 9.13 Å². The third-order valence-corrected chi connectivity index (χ3v) is 4.38. The average molecular weight is 375 g/mol. The Morgan fingerprint density at radius 1 is 1.04 bits per heavy atom. The number of hydrogen-bond donors (Lipinski definition) is 0. The zero-order chi connectivity index (χ0) is 16.6. The number of aryl methyl sites for hydroxylation is 1. The Morgan fingerprint density at radius 2 is 1.74 bits per heavy atom. The summed E-state index contributed by atoms with van der Waals surface area (Å²) >= 11 is 3.43. The van der Waals surface area contributed by atoms with Gasteiger partial charge in [0.05, 0.1) is 15.4 Å². The number of ether oxygens (including phenoxy) is 1. The Labute approximate surface area is 140 Å². The predicted molar refractivity (Wildman–Crippen MR) is 92.9 cm³/mol. The highest BCUT2D eigenvalue weighted by molar-refractivity contribution is 9.10. The molecule has 1 heterocycles. The zero-order valence-corrected chi connectivity index (χ0v) is 14.3. The van der Waals surface area contributed by atoms with Crippen molar-refractivity contribution in [3.8, 4) is 5.75 Å². The van der Waals surface area contributed by atoms with Crippen molar-refractivity contribution in [3.63, 3.8) is 0 Å². The normalized spacial score (nSPS) is 10.9. The maximum Gasteiger partial charge on any atom is 0.330 e. The van der Waals surface area contributed by atoms with Gasteiger partial charge in [0, 0.05) is 20.2 Å². The molecule has 0 aliphatic carbocycles. The summed E-state index contributed by atoms with van der Waals surface area (Å²) in [4.78, 5) is 24.3. The minimum atomic E-state index is -0.362. The molecule has 5 nitrogen and oxygen atoms in total. The molecule has 0 amide bonds. The molecule has 0 fully saturated rings. The first-order chi connectivity index (χ1) is 11.0. The number of halogens is 1. The Balaban J connectivity index is 2.07. The summed E-state index contributed by atoms with van der Waals surface area (Å²) in [5.74, 6) is 0.588. The number of aromatic nitrogens is 2. The van der Waals surface area contributed by atoms with E-state index >= 15 is 0 Å². The molecule has 1 aromatic heterocycles. The molecule has 0 bridgehead atoms. The maximum absolute atomic E-state index is 12.2. The van der Waals surface area contributed by atoms with E-state index in [0.717, 1.165) is 10.1 Å². The molecule has 3 rings (SSSR count). The van der Waals surface area contributed by atoms with Crippen LogP contribution in [0, 0.1) is 0 Å². The molecule has 2 aromatic carbocycles. The fraction of sp³-hybridized carbons (Fsp3) is 0.176. The molecule has 0 atom stereocenters. The topological polar surface area (TPSA) is 53.2 Å². The van der Waals surface area contributed by atoms with Gasteiger partial charge in [0.2, 0.25) is 0 Å². The summed E-state index contributed by atoms with van der Waals surface area (Å²) in [6.45, 7) is 0.406. The number of benzene rings is 2. The lowest BCUT2D eigenvalue weighted by atomic mass is 10.2. The summed E-state index contributed by atoms with van der Waals surface area (Å²) in [7, 11) is 3.11. The van der Waals surface area contributed by atoms with Gasteiger partial charge in [-0.25, -0.2) is 4.79 Å². The number of hydrogen-bond acceptors (Lipinski definition) is 3. The summed E-state index contributed by atoms with van der Waals surface area (Å²) in [5.41, 5.74) is 0.902. The van der Waals surface area contributed by atoms with E-state index in [1.54, 1.807) is 19.2 Å². The standard InChI is InChI=1S/C17H15BrN2O3/c1-19-14-9-15(23-10-11-6-4-3-5-7-11)13(18)8-12(14)16(21)20(2)17(19)22/h3-9H,10H2,1-2H3. The molecule has 23 heavy (non-hydrogen) atoms. The third-order valence-electron chi connectivity index (χ3n) is 3.76. The van der Waals surface area contributed by atoms with Crippen LogP contribution in [-0.2, 0) is 20.7 Å². The molecule has 118 valence electrons. The van der Waals surface area contributed by atoms with Crippen LogP contribution in [0.5, 0.6) is 5.75 Å². The summed E-state index contributed by atoms with van der Waals surface area (Å²) in [6, 6.07) is 13.2. The van der Waals surface area contributed by atoms with Crippen LogP contribution in [0.25, 0.3) is 10.9 Å². The van der Waals surface area contributed by atoms with Gasteiger partial charge in [0.1, 0.15) is 12.4 Å². The molecule has 0 unspecified atom stereocenters. The van der Waals surface area contributed by atoms with E-state index < -0.39 is 0 Å². The van der Waals surface area contributed by atoms with Crippen LogP contribution in [0.3, 0.4) is 0 Å². The molecule has 0 saturated carbocycles. The quantitative estimate of drug-likeness (QED) is 0.707. The van der Waals surface area contributed by atoms with Gasteiger partial charge in [-0.3, -0.25) is 13.9 Å². The summed E-state index contributed by atoms with van der Waals surface area (Å²) in [5, 5.41) is 0.466. The molecular weight excluding hydrogens is 360 g/mol. The molecule has 0 radical (unpaired) electrons. The Hall–Kier alpha value is -2.34. The second kappa shape index (κ2) is 6.04. The highest BCUT2D eigenvalue weighted by Crippen LogP contribution is 2.29. The first-order valence-electron chi connectivity index (χ1n) is 7.05. The van der Waals surface area contributed by atoms with E-state index in [2.05, 4.69) is 15.9 Å². The van der Waals surface area contributed by atoms with E-state index in [1.807, 2.05) is 30.3 Å². The second-order valence-electron chi connectivity index (χ2n) is 5.28. The fourth-order valence-corrected chi connectivity index (χ4v) is 2.89. The largest absolute Gasteiger partial charge is 0.488 e. The van der Waals surface area contributed by atoms with Crippen LogP contribution >= 0.6 is 15.9 Å². The van der Waals surface area contributed by atoms with Crippen LogP contribution < -0.4 is 16.0 Å². The van der Waals surface area contributed by atoms with Crippen molar-refractivity contribution in [1.29, 1.82) is 0 Å². The maximum atomic E-state index is 12.2. The fourth-order valence-electron chi connectivity index (χ4n) is 2.43. The van der Waals surface area contributed by atoms with E-state index in [4.69, 9.17) is 4.74 Å². The van der Waals surface area contributed by atoms with Gasteiger partial charge in [-0.1, -0.05) is 30.3 Å². The van der Waals surface area contributed by atoms with Crippen LogP contribution in [-0.4, -0.2) is 9.13 Å². The van der Waals surface area contributed by atoms with E-state index in [-0.39, 0.29) is 11.2 Å². The monoisotopic (exact) mass is 374 g/mol. The van der Waals surface area contributed by atoms with Crippen molar-refractivity contribution in [3.05, 3.63) is 73.3 Å². The molecule has 0 N–H and O–H groups in total. The first-order valence-corrected chi connectivity index (χ1v) is 7.84. The Morgan fingerprint density at radius 3 is 2.43 bits per heavy atom. The zero-order valence-electron chi connectivity index (χ0n) is 12.7. The Kier molecular flexibility index (Phi) is 4.09. The lowest BCUT2D eigenvalue weighted by Gasteiger charge is -2.12. The van der Waals surface area contributed by atoms with Crippen molar-refractivity contribution in [2.75, 3.05) is 0 Å². The minimum absolute atomic E-state index is 0.321. The minimum Gasteiger partial charge on any atom is -0.488 e. The van der Waals surface area contributed by atoms with E-state index in [0.29, 0.717) is 27.7 Å². The molecule has 0 spiro atoms. The Bertz CT molecular complexity index is 991. The first kappa shape index (κ1) is 15.6. The van der Waals surface area contributed by atoms with E-state index in [1.165, 1.54) is 11.6 Å². The van der Waals surface area contributed by atoms with Gasteiger partial charge < -0.3 is 4.74 Å². The average Bonchev–Trinajstić information content (AvgIpc) is 2.57. The van der Waals surface area contributed by atoms with Crippen molar-refractivity contribution < 1.29 is 4.74 Å². The molecule has 3 aromatic rings. The number of fused-ring (bicyclic) bond motifs is 1. The smallest absolute Gasteiger partial charge is 0.330 e. The summed E-state index contributed by atoms with van der Waals surface area (Å²) < 4.78 is 9.04. The van der Waals surface area contributed by atoms with Gasteiger partial charge >= 0.3 is 5.69 Å². The number of nitrogens with zero attached hydrogens (tertiary/aromatic N) is 2. The van der Waals surface area contributed by atoms with Crippen LogP contribution in [0.4, 0.5) is 0 Å².